The molecule has 0 bridgehead atoms. The number of anilines is 1. The molecule has 0 fully saturated rings. The first kappa shape index (κ1) is 17.4. The van der Waals surface area contributed by atoms with E-state index < -0.39 is 19.0 Å². The summed E-state index contributed by atoms with van der Waals surface area (Å²) in [4.78, 5) is 11.7. The third kappa shape index (κ3) is 5.05. The van der Waals surface area contributed by atoms with Crippen LogP contribution in [0.5, 0.6) is 0 Å². The van der Waals surface area contributed by atoms with Crippen LogP contribution in [0, 0.1) is 18.3 Å². The normalized spacial score (nSPS) is 10.5. The Morgan fingerprint density at radius 2 is 2.21 bits per heavy atom. The first-order valence-corrected chi connectivity index (χ1v) is 7.34. The number of aromatic nitrogens is 2. The van der Waals surface area contributed by atoms with Crippen LogP contribution in [0.2, 0.25) is 0 Å². The molecule has 0 aliphatic rings. The summed E-state index contributed by atoms with van der Waals surface area (Å²) in [5.74, 6) is 0.204. The van der Waals surface area contributed by atoms with E-state index in [0.717, 1.165) is 15.8 Å². The van der Waals surface area contributed by atoms with Crippen LogP contribution < -0.4 is 10.6 Å². The molecule has 0 aliphatic heterocycles. The Bertz CT molecular complexity index is 751. The Kier molecular flexibility index (Phi) is 5.84. The van der Waals surface area contributed by atoms with E-state index in [-0.39, 0.29) is 5.82 Å². The SMILES string of the molecule is Cc1ccc(CCNC(=O)Nc2ccn(CC(F)F)n2)cc1C#N. The van der Waals surface area contributed by atoms with Crippen LogP contribution in [0.1, 0.15) is 16.7 Å². The summed E-state index contributed by atoms with van der Waals surface area (Å²) in [6.45, 7) is 1.72. The van der Waals surface area contributed by atoms with Gasteiger partial charge in [0.1, 0.15) is 6.54 Å². The predicted octanol–water partition coefficient (Wildman–Crippen LogP) is 2.69. The molecule has 0 unspecified atom stereocenters. The lowest BCUT2D eigenvalue weighted by Gasteiger charge is -2.07. The Labute approximate surface area is 138 Å². The van der Waals surface area contributed by atoms with Crippen LogP contribution in [-0.2, 0) is 13.0 Å². The van der Waals surface area contributed by atoms with Gasteiger partial charge in [-0.3, -0.25) is 10.00 Å². The van der Waals surface area contributed by atoms with E-state index in [2.05, 4.69) is 21.8 Å². The number of hydrogen-bond donors (Lipinski definition) is 2. The summed E-state index contributed by atoms with van der Waals surface area (Å²) in [6, 6.07) is 8.66. The number of nitrogens with one attached hydrogen (secondary N) is 2. The molecule has 126 valence electrons. The minimum absolute atomic E-state index is 0.204. The number of halogens is 2. The zero-order valence-corrected chi connectivity index (χ0v) is 13.1. The van der Waals surface area contributed by atoms with Gasteiger partial charge in [-0.15, -0.1) is 0 Å². The van der Waals surface area contributed by atoms with Gasteiger partial charge in [-0.05, 0) is 30.5 Å². The molecule has 24 heavy (non-hydrogen) atoms. The van der Waals surface area contributed by atoms with Crippen LogP contribution in [0.15, 0.2) is 30.5 Å². The molecule has 0 saturated heterocycles. The van der Waals surface area contributed by atoms with Gasteiger partial charge in [-0.1, -0.05) is 12.1 Å². The van der Waals surface area contributed by atoms with Gasteiger partial charge in [0.25, 0.3) is 6.43 Å². The van der Waals surface area contributed by atoms with Crippen molar-refractivity contribution in [1.29, 1.82) is 5.26 Å². The van der Waals surface area contributed by atoms with Gasteiger partial charge in [0.05, 0.1) is 11.6 Å². The van der Waals surface area contributed by atoms with Crippen molar-refractivity contribution in [3.05, 3.63) is 47.2 Å². The highest BCUT2D eigenvalue weighted by molar-refractivity contribution is 5.88. The van der Waals surface area contributed by atoms with Gasteiger partial charge in [-0.2, -0.15) is 10.4 Å². The van der Waals surface area contributed by atoms with Crippen molar-refractivity contribution in [2.45, 2.75) is 26.3 Å². The van der Waals surface area contributed by atoms with Crippen molar-refractivity contribution in [3.63, 3.8) is 0 Å². The lowest BCUT2D eigenvalue weighted by Crippen LogP contribution is -2.30. The number of benzene rings is 1. The molecule has 1 aromatic heterocycles. The summed E-state index contributed by atoms with van der Waals surface area (Å²) in [7, 11) is 0. The topological polar surface area (TPSA) is 82.7 Å². The second kappa shape index (κ2) is 8.06. The summed E-state index contributed by atoms with van der Waals surface area (Å²) in [6.07, 6.45) is -0.556. The lowest BCUT2D eigenvalue weighted by molar-refractivity contribution is 0.122. The number of nitriles is 1. The first-order valence-electron chi connectivity index (χ1n) is 7.34. The fourth-order valence-corrected chi connectivity index (χ4v) is 2.10. The van der Waals surface area contributed by atoms with Gasteiger partial charge < -0.3 is 5.32 Å². The standard InChI is InChI=1S/C16H17F2N5O/c1-11-2-3-12(8-13(11)9-19)4-6-20-16(24)21-15-5-7-23(22-15)10-14(17)18/h2-3,5,7-8,14H,4,6,10H2,1H3,(H2,20,21,22,24). The number of aryl methyl sites for hydroxylation is 1. The van der Waals surface area contributed by atoms with Gasteiger partial charge in [0, 0.05) is 18.8 Å². The van der Waals surface area contributed by atoms with E-state index in [1.54, 1.807) is 6.07 Å². The highest BCUT2D eigenvalue weighted by Gasteiger charge is 2.08. The minimum atomic E-state index is -2.50. The molecular weight excluding hydrogens is 316 g/mol. The molecule has 2 rings (SSSR count). The number of amides is 2. The Hall–Kier alpha value is -2.95. The van der Waals surface area contributed by atoms with E-state index in [1.165, 1.54) is 12.3 Å². The number of alkyl halides is 2. The number of carbonyl (C=O) groups is 1. The Morgan fingerprint density at radius 3 is 2.92 bits per heavy atom. The van der Waals surface area contributed by atoms with E-state index in [9.17, 15) is 13.6 Å². The maximum absolute atomic E-state index is 12.2. The van der Waals surface area contributed by atoms with Crippen molar-refractivity contribution in [3.8, 4) is 6.07 Å². The zero-order valence-electron chi connectivity index (χ0n) is 13.1. The third-order valence-corrected chi connectivity index (χ3v) is 3.33. The third-order valence-electron chi connectivity index (χ3n) is 3.33. The fraction of sp³-hybridized carbons (Fsp3) is 0.312. The smallest absolute Gasteiger partial charge is 0.320 e. The molecule has 0 radical (unpaired) electrons. The molecule has 0 aliphatic carbocycles. The van der Waals surface area contributed by atoms with Crippen molar-refractivity contribution in [1.82, 2.24) is 15.1 Å². The molecule has 8 heteroatoms. The molecule has 0 spiro atoms. The van der Waals surface area contributed by atoms with Crippen LogP contribution in [0.25, 0.3) is 0 Å². The number of urea groups is 1. The highest BCUT2D eigenvalue weighted by Crippen LogP contribution is 2.10. The number of carbonyl (C=O) groups excluding carboxylic acids is 1. The van der Waals surface area contributed by atoms with Crippen LogP contribution in [-0.4, -0.2) is 28.8 Å². The quantitative estimate of drug-likeness (QED) is 0.852. The first-order chi connectivity index (χ1) is 11.5. The summed E-state index contributed by atoms with van der Waals surface area (Å²) >= 11 is 0. The molecule has 2 aromatic rings. The molecule has 1 heterocycles. The van der Waals surface area contributed by atoms with E-state index in [1.807, 2.05) is 19.1 Å². The van der Waals surface area contributed by atoms with Crippen molar-refractivity contribution >= 4 is 11.8 Å². The molecule has 1 aromatic carbocycles. The van der Waals surface area contributed by atoms with E-state index in [4.69, 9.17) is 5.26 Å². The lowest BCUT2D eigenvalue weighted by atomic mass is 10.0. The maximum atomic E-state index is 12.2. The summed E-state index contributed by atoms with van der Waals surface area (Å²) < 4.78 is 25.5. The fourth-order valence-electron chi connectivity index (χ4n) is 2.10. The Balaban J connectivity index is 1.79. The van der Waals surface area contributed by atoms with Crippen LogP contribution in [0.4, 0.5) is 19.4 Å². The second-order valence-electron chi connectivity index (χ2n) is 5.21. The second-order valence-corrected chi connectivity index (χ2v) is 5.21. The number of hydrogen-bond acceptors (Lipinski definition) is 3. The molecule has 0 saturated carbocycles. The highest BCUT2D eigenvalue weighted by atomic mass is 19.3. The minimum Gasteiger partial charge on any atom is -0.337 e. The average molecular weight is 333 g/mol. The largest absolute Gasteiger partial charge is 0.337 e. The van der Waals surface area contributed by atoms with Gasteiger partial charge in [-0.25, -0.2) is 13.6 Å². The van der Waals surface area contributed by atoms with Gasteiger partial charge in [0.2, 0.25) is 0 Å². The molecular formula is C16H17F2N5O. The van der Waals surface area contributed by atoms with Crippen molar-refractivity contribution in [2.24, 2.45) is 0 Å². The molecule has 6 nitrogen and oxygen atoms in total. The Morgan fingerprint density at radius 1 is 1.42 bits per heavy atom. The molecule has 2 amide bonds. The van der Waals surface area contributed by atoms with Gasteiger partial charge in [0.15, 0.2) is 5.82 Å². The zero-order chi connectivity index (χ0) is 17.5. The maximum Gasteiger partial charge on any atom is 0.320 e. The van der Waals surface area contributed by atoms with E-state index in [0.29, 0.717) is 18.5 Å². The predicted molar refractivity (Wildman–Crippen MR) is 84.9 cm³/mol. The van der Waals surface area contributed by atoms with Gasteiger partial charge >= 0.3 is 6.03 Å². The van der Waals surface area contributed by atoms with Crippen molar-refractivity contribution in [2.75, 3.05) is 11.9 Å². The number of nitrogens with zero attached hydrogens (tertiary/aromatic N) is 3. The van der Waals surface area contributed by atoms with Crippen LogP contribution in [0.3, 0.4) is 0 Å². The van der Waals surface area contributed by atoms with E-state index >= 15 is 0 Å². The average Bonchev–Trinajstić information content (AvgIpc) is 2.95. The molecule has 2 N–H and O–H groups in total. The summed E-state index contributed by atoms with van der Waals surface area (Å²) in [5.41, 5.74) is 2.46. The molecule has 0 atom stereocenters. The summed E-state index contributed by atoms with van der Waals surface area (Å²) in [5, 5.41) is 17.9. The van der Waals surface area contributed by atoms with Crippen molar-refractivity contribution < 1.29 is 13.6 Å². The monoisotopic (exact) mass is 333 g/mol. The number of rotatable bonds is 6. The van der Waals surface area contributed by atoms with Crippen LogP contribution >= 0.6 is 0 Å².